The molecule has 0 heterocycles. The van der Waals surface area contributed by atoms with Crippen molar-refractivity contribution in [1.29, 1.82) is 0 Å². The molecule has 0 saturated heterocycles. The van der Waals surface area contributed by atoms with Crippen LogP contribution in [0.3, 0.4) is 0 Å². The van der Waals surface area contributed by atoms with Gasteiger partial charge in [-0.05, 0) is 67.6 Å². The molecule has 0 bridgehead atoms. The van der Waals surface area contributed by atoms with Crippen molar-refractivity contribution in [2.45, 2.75) is 51.0 Å². The Balaban J connectivity index is 1.70. The molecule has 3 fully saturated rings. The maximum Gasteiger partial charge on any atom is 0.0437 e. The van der Waals surface area contributed by atoms with Gasteiger partial charge >= 0.3 is 0 Å². The van der Waals surface area contributed by atoms with E-state index in [0.29, 0.717) is 17.3 Å². The Morgan fingerprint density at radius 2 is 2.00 bits per heavy atom. The number of rotatable bonds is 0. The molecule has 0 radical (unpaired) electrons. The largest absolute Gasteiger partial charge is 0.321 e. The van der Waals surface area contributed by atoms with Gasteiger partial charge in [0.25, 0.3) is 0 Å². The second-order valence-corrected chi connectivity index (χ2v) is 7.90. The summed E-state index contributed by atoms with van der Waals surface area (Å²) in [5.74, 6) is 2.92. The third-order valence-electron chi connectivity index (χ3n) is 7.33. The highest BCUT2D eigenvalue weighted by molar-refractivity contribution is 5.30. The molecule has 0 spiro atoms. The van der Waals surface area contributed by atoms with Gasteiger partial charge < -0.3 is 5.73 Å². The van der Waals surface area contributed by atoms with Crippen molar-refractivity contribution in [1.82, 2.24) is 0 Å². The van der Waals surface area contributed by atoms with E-state index < -0.39 is 0 Å². The van der Waals surface area contributed by atoms with Crippen molar-refractivity contribution in [2.75, 3.05) is 0 Å². The minimum absolute atomic E-state index is 0.0665. The first-order chi connectivity index (χ1) is 9.56. The summed E-state index contributed by atoms with van der Waals surface area (Å²) in [4.78, 5) is 0. The fourth-order valence-corrected chi connectivity index (χ4v) is 6.05. The third kappa shape index (κ3) is 1.48. The van der Waals surface area contributed by atoms with Gasteiger partial charge in [-0.15, -0.1) is 0 Å². The van der Waals surface area contributed by atoms with E-state index in [9.17, 15) is 0 Å². The van der Waals surface area contributed by atoms with E-state index in [-0.39, 0.29) is 5.54 Å². The van der Waals surface area contributed by atoms with E-state index >= 15 is 0 Å². The van der Waals surface area contributed by atoms with Crippen molar-refractivity contribution < 1.29 is 0 Å². The van der Waals surface area contributed by atoms with Crippen LogP contribution in [0, 0.1) is 29.1 Å². The smallest absolute Gasteiger partial charge is 0.0437 e. The molecule has 1 nitrogen and oxygen atoms in total. The molecule has 0 amide bonds. The normalized spacial score (nSPS) is 53.4. The van der Waals surface area contributed by atoms with Gasteiger partial charge in [0.05, 0.1) is 0 Å². The first-order valence-corrected chi connectivity index (χ1v) is 8.39. The summed E-state index contributed by atoms with van der Waals surface area (Å²) in [5.41, 5.74) is 8.79. The van der Waals surface area contributed by atoms with Crippen LogP contribution in [-0.2, 0) is 0 Å². The van der Waals surface area contributed by atoms with E-state index in [1.165, 1.54) is 44.1 Å². The van der Waals surface area contributed by atoms with Gasteiger partial charge in [-0.3, -0.25) is 0 Å². The monoisotopic (exact) mass is 269 g/mol. The molecule has 3 saturated carbocycles. The second kappa shape index (κ2) is 4.10. The van der Waals surface area contributed by atoms with Gasteiger partial charge in [0.15, 0.2) is 0 Å². The van der Waals surface area contributed by atoms with Crippen LogP contribution in [0.5, 0.6) is 0 Å². The molecule has 2 N–H and O–H groups in total. The molecule has 4 aliphatic rings. The zero-order valence-electron chi connectivity index (χ0n) is 12.6. The summed E-state index contributed by atoms with van der Waals surface area (Å²) in [7, 11) is 0. The van der Waals surface area contributed by atoms with Crippen LogP contribution in [-0.4, -0.2) is 5.54 Å². The quantitative estimate of drug-likeness (QED) is 0.655. The SMILES string of the molecule is C=C1CCC2C3CCC4C=CC=CC4(N)C3CCC12C. The summed E-state index contributed by atoms with van der Waals surface area (Å²) < 4.78 is 0. The molecule has 108 valence electrons. The van der Waals surface area contributed by atoms with Gasteiger partial charge in [-0.2, -0.15) is 0 Å². The molecule has 4 aliphatic carbocycles. The van der Waals surface area contributed by atoms with Crippen LogP contribution in [0.15, 0.2) is 36.5 Å². The van der Waals surface area contributed by atoms with Crippen LogP contribution in [0.1, 0.15) is 45.4 Å². The number of nitrogens with two attached hydrogens (primary N) is 1. The topological polar surface area (TPSA) is 26.0 Å². The standard InChI is InChI=1S/C19H27N/c1-13-6-9-16-15-8-7-14-5-3-4-11-19(14,20)17(15)10-12-18(13,16)2/h3-5,11,14-17H,1,6-10,12,20H2,2H3. The number of hydrogen-bond donors (Lipinski definition) is 1. The van der Waals surface area contributed by atoms with Gasteiger partial charge in [-0.1, -0.05) is 43.4 Å². The Morgan fingerprint density at radius 1 is 1.15 bits per heavy atom. The van der Waals surface area contributed by atoms with E-state index in [1.807, 2.05) is 0 Å². The van der Waals surface area contributed by atoms with Crippen molar-refractivity contribution in [3.05, 3.63) is 36.5 Å². The average Bonchev–Trinajstić information content (AvgIpc) is 2.74. The van der Waals surface area contributed by atoms with E-state index in [0.717, 1.165) is 11.8 Å². The molecular formula is C19H27N. The molecular weight excluding hydrogens is 242 g/mol. The highest BCUT2D eigenvalue weighted by Gasteiger charge is 2.57. The number of hydrogen-bond acceptors (Lipinski definition) is 1. The summed E-state index contributed by atoms with van der Waals surface area (Å²) in [6, 6.07) is 0. The molecule has 0 aromatic carbocycles. The molecule has 0 aromatic heterocycles. The van der Waals surface area contributed by atoms with E-state index in [2.05, 4.69) is 37.8 Å². The maximum absolute atomic E-state index is 6.92. The van der Waals surface area contributed by atoms with Crippen molar-refractivity contribution in [2.24, 2.45) is 34.8 Å². The van der Waals surface area contributed by atoms with Gasteiger partial charge in [0.2, 0.25) is 0 Å². The van der Waals surface area contributed by atoms with Gasteiger partial charge in [0, 0.05) is 5.54 Å². The van der Waals surface area contributed by atoms with Crippen LogP contribution in [0.25, 0.3) is 0 Å². The predicted octanol–water partition coefficient (Wildman–Crippen LogP) is 4.22. The second-order valence-electron chi connectivity index (χ2n) is 7.90. The lowest BCUT2D eigenvalue weighted by Crippen LogP contribution is -2.60. The first-order valence-electron chi connectivity index (χ1n) is 8.39. The molecule has 0 aliphatic heterocycles. The first kappa shape index (κ1) is 12.9. The minimum atomic E-state index is -0.0665. The fourth-order valence-electron chi connectivity index (χ4n) is 6.05. The number of allylic oxidation sites excluding steroid dienone is 3. The Morgan fingerprint density at radius 3 is 2.85 bits per heavy atom. The van der Waals surface area contributed by atoms with Gasteiger partial charge in [-0.25, -0.2) is 0 Å². The molecule has 4 rings (SSSR count). The summed E-state index contributed by atoms with van der Waals surface area (Å²) in [5, 5.41) is 0. The minimum Gasteiger partial charge on any atom is -0.321 e. The predicted molar refractivity (Wildman–Crippen MR) is 84.1 cm³/mol. The fraction of sp³-hybridized carbons (Fsp3) is 0.684. The zero-order valence-corrected chi connectivity index (χ0v) is 12.6. The summed E-state index contributed by atoms with van der Waals surface area (Å²) >= 11 is 0. The Hall–Kier alpha value is -0.820. The lowest BCUT2D eigenvalue weighted by molar-refractivity contribution is -0.0153. The zero-order chi connectivity index (χ0) is 14.0. The lowest BCUT2D eigenvalue weighted by atomic mass is 9.49. The van der Waals surface area contributed by atoms with Crippen molar-refractivity contribution in [3.63, 3.8) is 0 Å². The molecule has 1 heteroatoms. The van der Waals surface area contributed by atoms with E-state index in [1.54, 1.807) is 0 Å². The van der Waals surface area contributed by atoms with Crippen molar-refractivity contribution in [3.8, 4) is 0 Å². The average molecular weight is 269 g/mol. The highest BCUT2D eigenvalue weighted by Crippen LogP contribution is 2.63. The maximum atomic E-state index is 6.92. The Kier molecular flexibility index (Phi) is 2.64. The van der Waals surface area contributed by atoms with Crippen molar-refractivity contribution >= 4 is 0 Å². The molecule has 6 atom stereocenters. The molecule has 6 unspecified atom stereocenters. The molecule has 0 aromatic rings. The van der Waals surface area contributed by atoms with Crippen LogP contribution in [0.2, 0.25) is 0 Å². The Labute approximate surface area is 123 Å². The lowest BCUT2D eigenvalue weighted by Gasteiger charge is -2.57. The van der Waals surface area contributed by atoms with Crippen LogP contribution >= 0.6 is 0 Å². The van der Waals surface area contributed by atoms with E-state index in [4.69, 9.17) is 5.73 Å². The van der Waals surface area contributed by atoms with Gasteiger partial charge in [0.1, 0.15) is 0 Å². The Bertz CT molecular complexity index is 502. The number of fused-ring (bicyclic) bond motifs is 5. The van der Waals surface area contributed by atoms with Crippen LogP contribution < -0.4 is 5.73 Å². The summed E-state index contributed by atoms with van der Waals surface area (Å²) in [6.07, 6.45) is 16.9. The third-order valence-corrected chi connectivity index (χ3v) is 7.33. The van der Waals surface area contributed by atoms with Crippen LogP contribution in [0.4, 0.5) is 0 Å². The summed E-state index contributed by atoms with van der Waals surface area (Å²) in [6.45, 7) is 6.87. The highest BCUT2D eigenvalue weighted by atomic mass is 14.8. The molecule has 20 heavy (non-hydrogen) atoms.